The second-order valence-corrected chi connectivity index (χ2v) is 6.86. The lowest BCUT2D eigenvalue weighted by atomic mass is 10.0. The molecule has 5 nitrogen and oxygen atoms in total. The highest BCUT2D eigenvalue weighted by atomic mass is 19.1. The van der Waals surface area contributed by atoms with Crippen molar-refractivity contribution < 1.29 is 18.3 Å². The second-order valence-electron chi connectivity index (χ2n) is 6.86. The van der Waals surface area contributed by atoms with E-state index < -0.39 is 17.8 Å². The van der Waals surface area contributed by atoms with Crippen LogP contribution in [-0.4, -0.2) is 12.0 Å². The number of carbonyl (C=O) groups is 1. The molecule has 0 aliphatic carbocycles. The number of hydrogen-bond donors (Lipinski definition) is 1. The average Bonchev–Trinajstić information content (AvgIpc) is 2.66. The SMILES string of the molecule is CCC(C)[C@@H](N)C(=O)Oc1ccc2c(=O)c(-c3cccc(F)c3)c(C)oc2c1. The maximum atomic E-state index is 13.6. The number of nitrogens with two attached hydrogens (primary N) is 1. The zero-order valence-electron chi connectivity index (χ0n) is 16.0. The molecule has 3 aromatic rings. The fourth-order valence-corrected chi connectivity index (χ4v) is 3.00. The molecular weight excluding hydrogens is 361 g/mol. The fraction of sp³-hybridized carbons (Fsp3) is 0.273. The minimum Gasteiger partial charge on any atom is -0.460 e. The van der Waals surface area contributed by atoms with E-state index in [-0.39, 0.29) is 22.7 Å². The highest BCUT2D eigenvalue weighted by molar-refractivity contribution is 5.85. The van der Waals surface area contributed by atoms with Gasteiger partial charge in [0.1, 0.15) is 29.0 Å². The summed E-state index contributed by atoms with van der Waals surface area (Å²) in [5.74, 6) is -0.386. The van der Waals surface area contributed by atoms with E-state index in [4.69, 9.17) is 14.9 Å². The summed E-state index contributed by atoms with van der Waals surface area (Å²) in [7, 11) is 0. The number of rotatable bonds is 5. The third-order valence-corrected chi connectivity index (χ3v) is 4.90. The molecular formula is C22H22FNO4. The lowest BCUT2D eigenvalue weighted by molar-refractivity contribution is -0.137. The van der Waals surface area contributed by atoms with Crippen molar-refractivity contribution in [2.24, 2.45) is 11.7 Å². The zero-order valence-corrected chi connectivity index (χ0v) is 16.0. The normalized spacial score (nSPS) is 13.3. The van der Waals surface area contributed by atoms with E-state index in [1.807, 2.05) is 13.8 Å². The van der Waals surface area contributed by atoms with Gasteiger partial charge in [0.15, 0.2) is 0 Å². The van der Waals surface area contributed by atoms with Crippen LogP contribution in [0, 0.1) is 18.7 Å². The van der Waals surface area contributed by atoms with Crippen LogP contribution in [0.4, 0.5) is 4.39 Å². The van der Waals surface area contributed by atoms with Gasteiger partial charge in [-0.3, -0.25) is 4.79 Å². The molecule has 0 spiro atoms. The first-order valence-corrected chi connectivity index (χ1v) is 9.12. The quantitative estimate of drug-likeness (QED) is 0.528. The zero-order chi connectivity index (χ0) is 20.4. The van der Waals surface area contributed by atoms with Crippen molar-refractivity contribution in [3.8, 4) is 16.9 Å². The molecule has 1 aromatic heterocycles. The number of halogens is 1. The summed E-state index contributed by atoms with van der Waals surface area (Å²) in [5, 5.41) is 0.316. The number of hydrogen-bond acceptors (Lipinski definition) is 5. The fourth-order valence-electron chi connectivity index (χ4n) is 3.00. The van der Waals surface area contributed by atoms with Crippen LogP contribution < -0.4 is 15.9 Å². The summed E-state index contributed by atoms with van der Waals surface area (Å²) in [5.41, 5.74) is 6.65. The summed E-state index contributed by atoms with van der Waals surface area (Å²) in [6.45, 7) is 5.46. The summed E-state index contributed by atoms with van der Waals surface area (Å²) >= 11 is 0. The van der Waals surface area contributed by atoms with Crippen LogP contribution in [0.5, 0.6) is 5.75 Å². The number of benzene rings is 2. The third-order valence-electron chi connectivity index (χ3n) is 4.90. The van der Waals surface area contributed by atoms with Crippen molar-refractivity contribution in [1.82, 2.24) is 0 Å². The lowest BCUT2D eigenvalue weighted by Crippen LogP contribution is -2.39. The molecule has 3 rings (SSSR count). The van der Waals surface area contributed by atoms with Crippen LogP contribution in [0.3, 0.4) is 0 Å². The Bertz CT molecular complexity index is 1090. The minimum absolute atomic E-state index is 0.0121. The molecule has 0 fully saturated rings. The van der Waals surface area contributed by atoms with Gasteiger partial charge in [0.2, 0.25) is 5.43 Å². The van der Waals surface area contributed by atoms with Crippen LogP contribution in [0.1, 0.15) is 26.0 Å². The monoisotopic (exact) mass is 383 g/mol. The summed E-state index contributed by atoms with van der Waals surface area (Å²) in [6, 6.07) is 9.60. The van der Waals surface area contributed by atoms with Gasteiger partial charge in [0.25, 0.3) is 0 Å². The molecule has 2 atom stereocenters. The molecule has 1 heterocycles. The molecule has 0 aliphatic rings. The number of esters is 1. The Balaban J connectivity index is 1.99. The Hall–Kier alpha value is -2.99. The average molecular weight is 383 g/mol. The molecule has 2 aromatic carbocycles. The van der Waals surface area contributed by atoms with Crippen molar-refractivity contribution in [3.63, 3.8) is 0 Å². The Morgan fingerprint density at radius 2 is 2.00 bits per heavy atom. The van der Waals surface area contributed by atoms with Gasteiger partial charge in [-0.25, -0.2) is 9.18 Å². The van der Waals surface area contributed by atoms with Crippen molar-refractivity contribution in [3.05, 3.63) is 64.3 Å². The van der Waals surface area contributed by atoms with Gasteiger partial charge >= 0.3 is 5.97 Å². The van der Waals surface area contributed by atoms with Gasteiger partial charge in [-0.05, 0) is 42.7 Å². The largest absolute Gasteiger partial charge is 0.460 e. The molecule has 0 saturated heterocycles. The van der Waals surface area contributed by atoms with Gasteiger partial charge in [-0.1, -0.05) is 32.4 Å². The van der Waals surface area contributed by atoms with Crippen LogP contribution in [0.2, 0.25) is 0 Å². The van der Waals surface area contributed by atoms with Gasteiger partial charge in [-0.2, -0.15) is 0 Å². The number of fused-ring (bicyclic) bond motifs is 1. The summed E-state index contributed by atoms with van der Waals surface area (Å²) in [4.78, 5) is 25.1. The van der Waals surface area contributed by atoms with E-state index in [1.165, 1.54) is 36.4 Å². The van der Waals surface area contributed by atoms with E-state index in [9.17, 15) is 14.0 Å². The van der Waals surface area contributed by atoms with E-state index in [0.717, 1.165) is 6.42 Å². The summed E-state index contributed by atoms with van der Waals surface area (Å²) < 4.78 is 24.7. The first kappa shape index (κ1) is 19.8. The van der Waals surface area contributed by atoms with Crippen molar-refractivity contribution in [2.45, 2.75) is 33.2 Å². The van der Waals surface area contributed by atoms with E-state index in [2.05, 4.69) is 0 Å². The maximum absolute atomic E-state index is 13.6. The first-order valence-electron chi connectivity index (χ1n) is 9.12. The van der Waals surface area contributed by atoms with E-state index in [0.29, 0.717) is 22.3 Å². The highest BCUT2D eigenvalue weighted by Crippen LogP contribution is 2.27. The minimum atomic E-state index is -0.732. The topological polar surface area (TPSA) is 82.5 Å². The molecule has 0 saturated carbocycles. The predicted octanol–water partition coefficient (Wildman–Crippen LogP) is 4.19. The first-order chi connectivity index (χ1) is 13.3. The van der Waals surface area contributed by atoms with Crippen LogP contribution >= 0.6 is 0 Å². The van der Waals surface area contributed by atoms with Crippen molar-refractivity contribution in [2.75, 3.05) is 0 Å². The molecule has 28 heavy (non-hydrogen) atoms. The Kier molecular flexibility index (Phi) is 5.61. The van der Waals surface area contributed by atoms with E-state index >= 15 is 0 Å². The van der Waals surface area contributed by atoms with Gasteiger partial charge in [-0.15, -0.1) is 0 Å². The maximum Gasteiger partial charge on any atom is 0.328 e. The smallest absolute Gasteiger partial charge is 0.328 e. The Morgan fingerprint density at radius 1 is 1.25 bits per heavy atom. The van der Waals surface area contributed by atoms with E-state index in [1.54, 1.807) is 13.0 Å². The van der Waals surface area contributed by atoms with Crippen LogP contribution in [0.25, 0.3) is 22.1 Å². The molecule has 0 aliphatic heterocycles. The summed E-state index contributed by atoms with van der Waals surface area (Å²) in [6.07, 6.45) is 0.755. The predicted molar refractivity (Wildman–Crippen MR) is 106 cm³/mol. The molecule has 1 unspecified atom stereocenters. The van der Waals surface area contributed by atoms with Gasteiger partial charge < -0.3 is 14.9 Å². The van der Waals surface area contributed by atoms with Gasteiger partial charge in [0, 0.05) is 6.07 Å². The molecule has 0 bridgehead atoms. The molecule has 6 heteroatoms. The Labute approximate surface area is 161 Å². The van der Waals surface area contributed by atoms with Crippen molar-refractivity contribution in [1.29, 1.82) is 0 Å². The molecule has 2 N–H and O–H groups in total. The van der Waals surface area contributed by atoms with Crippen LogP contribution in [0.15, 0.2) is 51.7 Å². The van der Waals surface area contributed by atoms with Crippen LogP contribution in [-0.2, 0) is 4.79 Å². The lowest BCUT2D eigenvalue weighted by Gasteiger charge is -2.16. The highest BCUT2D eigenvalue weighted by Gasteiger charge is 2.22. The molecule has 146 valence electrons. The third kappa shape index (κ3) is 3.82. The van der Waals surface area contributed by atoms with Crippen molar-refractivity contribution >= 4 is 16.9 Å². The number of ether oxygens (including phenoxy) is 1. The Morgan fingerprint density at radius 3 is 2.68 bits per heavy atom. The molecule has 0 amide bonds. The second kappa shape index (κ2) is 7.94. The molecule has 0 radical (unpaired) electrons. The van der Waals surface area contributed by atoms with Gasteiger partial charge in [0.05, 0.1) is 10.9 Å². The number of aryl methyl sites for hydroxylation is 1. The number of carbonyl (C=O) groups excluding carboxylic acids is 1. The standard InChI is InChI=1S/C22H22FNO4/c1-4-12(2)20(24)22(26)28-16-8-9-17-18(11-16)27-13(3)19(21(17)25)14-6-5-7-15(23)10-14/h5-12,20H,4,24H2,1-3H3/t12?,20-/m1/s1.